The van der Waals surface area contributed by atoms with Gasteiger partial charge in [0.05, 0.1) is 5.69 Å². The van der Waals surface area contributed by atoms with Gasteiger partial charge in [-0.3, -0.25) is 14.6 Å². The number of amides is 2. The van der Waals surface area contributed by atoms with Gasteiger partial charge in [-0.05, 0) is 34.9 Å². The van der Waals surface area contributed by atoms with Gasteiger partial charge in [-0.25, -0.2) is 0 Å². The Morgan fingerprint density at radius 2 is 1.52 bits per heavy atom. The number of benzene rings is 3. The number of aromatic nitrogens is 1. The van der Waals surface area contributed by atoms with Crippen molar-refractivity contribution in [3.63, 3.8) is 0 Å². The Bertz CT molecular complexity index is 1220. The van der Waals surface area contributed by atoms with Crippen molar-refractivity contribution in [1.29, 1.82) is 0 Å². The Morgan fingerprint density at radius 3 is 2.24 bits per heavy atom. The van der Waals surface area contributed by atoms with Crippen molar-refractivity contribution in [3.05, 3.63) is 137 Å². The SMILES string of the molecule is O=C(NCc1ccccc1)C1c2ccccc2C(=O)N1C(c1ccccc1)c1ccccn1. The van der Waals surface area contributed by atoms with Gasteiger partial charge in [0, 0.05) is 18.3 Å². The second kappa shape index (κ2) is 9.09. The minimum atomic E-state index is -0.760. The number of hydrogen-bond acceptors (Lipinski definition) is 3. The fourth-order valence-electron chi connectivity index (χ4n) is 4.40. The maximum Gasteiger partial charge on any atom is 0.256 e. The van der Waals surface area contributed by atoms with Crippen LogP contribution in [0.2, 0.25) is 0 Å². The molecule has 0 saturated carbocycles. The first-order valence-corrected chi connectivity index (χ1v) is 10.9. The topological polar surface area (TPSA) is 62.3 Å². The number of rotatable bonds is 6. The lowest BCUT2D eigenvalue weighted by atomic mass is 9.98. The molecule has 0 saturated heterocycles. The Morgan fingerprint density at radius 1 is 0.848 bits per heavy atom. The Kier molecular flexibility index (Phi) is 5.68. The molecule has 2 atom stereocenters. The molecule has 33 heavy (non-hydrogen) atoms. The van der Waals surface area contributed by atoms with E-state index in [2.05, 4.69) is 10.3 Å². The number of hydrogen-bond donors (Lipinski definition) is 1. The van der Waals surface area contributed by atoms with Gasteiger partial charge in [-0.2, -0.15) is 0 Å². The molecular formula is C28H23N3O2. The average Bonchev–Trinajstić information content (AvgIpc) is 3.17. The maximum absolute atomic E-state index is 13.7. The summed E-state index contributed by atoms with van der Waals surface area (Å²) in [7, 11) is 0. The molecule has 1 aliphatic heterocycles. The van der Waals surface area contributed by atoms with Crippen LogP contribution in [-0.4, -0.2) is 21.7 Å². The molecule has 2 amide bonds. The van der Waals surface area contributed by atoms with Gasteiger partial charge in [0.25, 0.3) is 5.91 Å². The molecule has 0 aliphatic carbocycles. The smallest absolute Gasteiger partial charge is 0.256 e. The average molecular weight is 434 g/mol. The van der Waals surface area contributed by atoms with Crippen LogP contribution in [0.5, 0.6) is 0 Å². The summed E-state index contributed by atoms with van der Waals surface area (Å²) in [6, 6.07) is 31.2. The Balaban J connectivity index is 1.57. The van der Waals surface area contributed by atoms with Gasteiger partial charge in [0.1, 0.15) is 12.1 Å². The van der Waals surface area contributed by atoms with Crippen LogP contribution in [-0.2, 0) is 11.3 Å². The Labute approximate surface area is 192 Å². The third kappa shape index (κ3) is 4.01. The van der Waals surface area contributed by atoms with Crippen molar-refractivity contribution in [1.82, 2.24) is 15.2 Å². The van der Waals surface area contributed by atoms with Crippen LogP contribution in [0.15, 0.2) is 109 Å². The molecule has 5 nitrogen and oxygen atoms in total. The summed E-state index contributed by atoms with van der Waals surface area (Å²) in [6.45, 7) is 0.389. The van der Waals surface area contributed by atoms with Crippen molar-refractivity contribution in [3.8, 4) is 0 Å². The lowest BCUT2D eigenvalue weighted by molar-refractivity contribution is -0.126. The number of carbonyl (C=O) groups is 2. The fraction of sp³-hybridized carbons (Fsp3) is 0.107. The number of carbonyl (C=O) groups excluding carboxylic acids is 2. The predicted octanol–water partition coefficient (Wildman–Crippen LogP) is 4.68. The second-order valence-corrected chi connectivity index (χ2v) is 7.97. The molecule has 162 valence electrons. The molecule has 2 heterocycles. The molecule has 0 radical (unpaired) electrons. The van der Waals surface area contributed by atoms with Gasteiger partial charge in [-0.15, -0.1) is 0 Å². The van der Waals surface area contributed by atoms with E-state index in [4.69, 9.17) is 0 Å². The zero-order valence-electron chi connectivity index (χ0n) is 18.0. The van der Waals surface area contributed by atoms with Gasteiger partial charge >= 0.3 is 0 Å². The molecule has 0 spiro atoms. The van der Waals surface area contributed by atoms with Crippen LogP contribution in [0.1, 0.15) is 44.8 Å². The molecule has 4 aromatic rings. The highest BCUT2D eigenvalue weighted by Gasteiger charge is 2.45. The van der Waals surface area contributed by atoms with Gasteiger partial charge < -0.3 is 10.2 Å². The number of nitrogens with one attached hydrogen (secondary N) is 1. The fourth-order valence-corrected chi connectivity index (χ4v) is 4.40. The second-order valence-electron chi connectivity index (χ2n) is 7.97. The molecule has 1 N–H and O–H groups in total. The first kappa shape index (κ1) is 20.6. The first-order chi connectivity index (χ1) is 16.2. The molecular weight excluding hydrogens is 410 g/mol. The number of nitrogens with zero attached hydrogens (tertiary/aromatic N) is 2. The van der Waals surface area contributed by atoms with Crippen LogP contribution >= 0.6 is 0 Å². The van der Waals surface area contributed by atoms with Crippen molar-refractivity contribution in [2.45, 2.75) is 18.6 Å². The molecule has 0 fully saturated rings. The lowest BCUT2D eigenvalue weighted by Gasteiger charge is -2.33. The van der Waals surface area contributed by atoms with Crippen LogP contribution in [0.4, 0.5) is 0 Å². The lowest BCUT2D eigenvalue weighted by Crippen LogP contribution is -2.41. The third-order valence-corrected chi connectivity index (χ3v) is 5.92. The maximum atomic E-state index is 13.7. The largest absolute Gasteiger partial charge is 0.350 e. The minimum Gasteiger partial charge on any atom is -0.350 e. The van der Waals surface area contributed by atoms with Crippen LogP contribution in [0, 0.1) is 0 Å². The van der Waals surface area contributed by atoms with Crippen molar-refractivity contribution in [2.24, 2.45) is 0 Å². The summed E-state index contributed by atoms with van der Waals surface area (Å²) in [5, 5.41) is 3.04. The van der Waals surface area contributed by atoms with Crippen molar-refractivity contribution >= 4 is 11.8 Å². The van der Waals surface area contributed by atoms with Crippen LogP contribution in [0.3, 0.4) is 0 Å². The van der Waals surface area contributed by atoms with Crippen molar-refractivity contribution in [2.75, 3.05) is 0 Å². The van der Waals surface area contributed by atoms with E-state index in [1.165, 1.54) is 0 Å². The van der Waals surface area contributed by atoms with E-state index in [0.29, 0.717) is 23.4 Å². The minimum absolute atomic E-state index is 0.176. The zero-order valence-corrected chi connectivity index (χ0v) is 18.0. The summed E-state index contributed by atoms with van der Waals surface area (Å²) in [4.78, 5) is 33.5. The summed E-state index contributed by atoms with van der Waals surface area (Å²) in [6.07, 6.45) is 1.71. The molecule has 1 aliphatic rings. The first-order valence-electron chi connectivity index (χ1n) is 10.9. The van der Waals surface area contributed by atoms with Crippen LogP contribution in [0.25, 0.3) is 0 Å². The normalized spacial score (nSPS) is 15.7. The molecule has 5 rings (SSSR count). The predicted molar refractivity (Wildman–Crippen MR) is 126 cm³/mol. The number of fused-ring (bicyclic) bond motifs is 1. The van der Waals surface area contributed by atoms with Crippen LogP contribution < -0.4 is 5.32 Å². The van der Waals surface area contributed by atoms with E-state index in [9.17, 15) is 9.59 Å². The molecule has 2 unspecified atom stereocenters. The van der Waals surface area contributed by atoms with E-state index in [-0.39, 0.29) is 11.8 Å². The van der Waals surface area contributed by atoms with Gasteiger partial charge in [-0.1, -0.05) is 84.9 Å². The monoisotopic (exact) mass is 433 g/mol. The van der Waals surface area contributed by atoms with E-state index in [0.717, 1.165) is 11.1 Å². The summed E-state index contributed by atoms with van der Waals surface area (Å²) < 4.78 is 0. The molecule has 1 aromatic heterocycles. The van der Waals surface area contributed by atoms with E-state index < -0.39 is 12.1 Å². The standard InChI is InChI=1S/C28H23N3O2/c32-27(30-19-20-11-3-1-4-12-20)26-22-15-7-8-16-23(22)28(33)31(26)25(21-13-5-2-6-14-21)24-17-9-10-18-29-24/h1-18,25-26H,19H2,(H,30,32). The highest BCUT2D eigenvalue weighted by molar-refractivity contribution is 6.05. The summed E-state index contributed by atoms with van der Waals surface area (Å²) in [5.41, 5.74) is 3.88. The highest BCUT2D eigenvalue weighted by Crippen LogP contribution is 2.42. The summed E-state index contributed by atoms with van der Waals surface area (Å²) in [5.74, 6) is -0.390. The van der Waals surface area contributed by atoms with E-state index in [1.54, 1.807) is 17.2 Å². The Hall–Kier alpha value is -4.25. The zero-order chi connectivity index (χ0) is 22.6. The number of pyridine rings is 1. The van der Waals surface area contributed by atoms with Gasteiger partial charge in [0.15, 0.2) is 0 Å². The molecule has 0 bridgehead atoms. The van der Waals surface area contributed by atoms with Gasteiger partial charge in [0.2, 0.25) is 5.91 Å². The molecule has 5 heteroatoms. The summed E-state index contributed by atoms with van der Waals surface area (Å²) >= 11 is 0. The van der Waals surface area contributed by atoms with Crippen molar-refractivity contribution < 1.29 is 9.59 Å². The van der Waals surface area contributed by atoms with E-state index >= 15 is 0 Å². The highest BCUT2D eigenvalue weighted by atomic mass is 16.2. The quantitative estimate of drug-likeness (QED) is 0.480. The third-order valence-electron chi connectivity index (χ3n) is 5.92. The molecule has 3 aromatic carbocycles. The van der Waals surface area contributed by atoms with E-state index in [1.807, 2.05) is 97.1 Å².